The predicted octanol–water partition coefficient (Wildman–Crippen LogP) is 1.19. The van der Waals surface area contributed by atoms with Crippen molar-refractivity contribution in [1.29, 1.82) is 0 Å². The van der Waals surface area contributed by atoms with Crippen molar-refractivity contribution < 1.29 is 9.59 Å². The van der Waals surface area contributed by atoms with E-state index in [-0.39, 0.29) is 11.8 Å². The van der Waals surface area contributed by atoms with Crippen LogP contribution in [-0.4, -0.2) is 12.1 Å². The third kappa shape index (κ3) is 1.43. The number of Topliss-reactive ketones (excluding diaryl/α,β-unsaturated/α-hetero) is 1. The van der Waals surface area contributed by atoms with Crippen LogP contribution in [0.4, 0.5) is 0 Å². The molecule has 2 nitrogen and oxygen atoms in total. The van der Waals surface area contributed by atoms with Gasteiger partial charge in [-0.15, -0.1) is 0 Å². The summed E-state index contributed by atoms with van der Waals surface area (Å²) in [6.07, 6.45) is 2.96. The second-order valence-electron chi connectivity index (χ2n) is 3.06. The van der Waals surface area contributed by atoms with Crippen LogP contribution in [0.5, 0.6) is 0 Å². The van der Waals surface area contributed by atoms with E-state index in [2.05, 4.69) is 0 Å². The van der Waals surface area contributed by atoms with Gasteiger partial charge < -0.3 is 4.79 Å². The average molecular weight is 140 g/mol. The molecule has 0 aromatic rings. The Labute approximate surface area is 60.6 Å². The quantitative estimate of drug-likeness (QED) is 0.513. The molecule has 0 aliphatic heterocycles. The zero-order chi connectivity index (χ0) is 7.56. The van der Waals surface area contributed by atoms with Gasteiger partial charge in [-0.3, -0.25) is 4.79 Å². The molecule has 0 heterocycles. The van der Waals surface area contributed by atoms with Gasteiger partial charge in [-0.05, 0) is 12.3 Å². The lowest BCUT2D eigenvalue weighted by Gasteiger charge is -2.22. The number of rotatable bonds is 1. The normalized spacial score (nSPS) is 33.9. The Morgan fingerprint density at radius 2 is 2.30 bits per heavy atom. The molecule has 1 aliphatic carbocycles. The van der Waals surface area contributed by atoms with Crippen LogP contribution in [0.25, 0.3) is 0 Å². The Bertz CT molecular complexity index is 151. The van der Waals surface area contributed by atoms with E-state index in [0.717, 1.165) is 12.7 Å². The van der Waals surface area contributed by atoms with E-state index in [1.165, 1.54) is 0 Å². The lowest BCUT2D eigenvalue weighted by Crippen LogP contribution is -2.23. The van der Waals surface area contributed by atoms with Gasteiger partial charge in [0, 0.05) is 18.8 Å². The van der Waals surface area contributed by atoms with Crippen LogP contribution in [-0.2, 0) is 9.59 Å². The summed E-state index contributed by atoms with van der Waals surface area (Å²) in [6.45, 7) is 1.97. The molecule has 0 aromatic carbocycles. The van der Waals surface area contributed by atoms with Gasteiger partial charge in [0.05, 0.1) is 0 Å². The predicted molar refractivity (Wildman–Crippen MR) is 37.6 cm³/mol. The Morgan fingerprint density at radius 1 is 1.60 bits per heavy atom. The number of hydrogen-bond donors (Lipinski definition) is 0. The monoisotopic (exact) mass is 140 g/mol. The van der Waals surface area contributed by atoms with Gasteiger partial charge in [0.15, 0.2) is 0 Å². The molecule has 0 N–H and O–H groups in total. The first-order chi connectivity index (χ1) is 4.74. The molecule has 56 valence electrons. The van der Waals surface area contributed by atoms with Crippen LogP contribution < -0.4 is 0 Å². The molecule has 0 spiro atoms. The third-order valence-electron chi connectivity index (χ3n) is 2.21. The van der Waals surface area contributed by atoms with Gasteiger partial charge in [-0.1, -0.05) is 6.92 Å². The number of carbonyl (C=O) groups is 2. The fourth-order valence-corrected chi connectivity index (χ4v) is 1.43. The highest BCUT2D eigenvalue weighted by Gasteiger charge is 2.24. The van der Waals surface area contributed by atoms with Gasteiger partial charge in [0.1, 0.15) is 12.1 Å². The fourth-order valence-electron chi connectivity index (χ4n) is 1.43. The Hall–Kier alpha value is -0.660. The van der Waals surface area contributed by atoms with Crippen molar-refractivity contribution in [3.8, 4) is 0 Å². The minimum absolute atomic E-state index is 0.137. The number of ketones is 1. The van der Waals surface area contributed by atoms with Crippen LogP contribution in [0.3, 0.4) is 0 Å². The molecule has 0 aromatic heterocycles. The minimum Gasteiger partial charge on any atom is -0.303 e. The maximum atomic E-state index is 10.8. The van der Waals surface area contributed by atoms with Gasteiger partial charge >= 0.3 is 0 Å². The van der Waals surface area contributed by atoms with Gasteiger partial charge in [-0.25, -0.2) is 0 Å². The van der Waals surface area contributed by atoms with E-state index in [4.69, 9.17) is 0 Å². The lowest BCUT2D eigenvalue weighted by atomic mass is 9.81. The molecule has 0 amide bonds. The molecule has 2 heteroatoms. The van der Waals surface area contributed by atoms with E-state index in [9.17, 15) is 9.59 Å². The van der Waals surface area contributed by atoms with Crippen LogP contribution in [0.15, 0.2) is 0 Å². The number of hydrogen-bond acceptors (Lipinski definition) is 2. The van der Waals surface area contributed by atoms with E-state index in [1.807, 2.05) is 6.92 Å². The van der Waals surface area contributed by atoms with Gasteiger partial charge in [0.2, 0.25) is 0 Å². The minimum atomic E-state index is 0.137. The summed E-state index contributed by atoms with van der Waals surface area (Å²) in [6, 6.07) is 0. The van der Waals surface area contributed by atoms with Crippen molar-refractivity contribution in [3.63, 3.8) is 0 Å². The maximum absolute atomic E-state index is 10.8. The first-order valence-corrected chi connectivity index (χ1v) is 3.71. The maximum Gasteiger partial charge on any atom is 0.133 e. The molecular weight excluding hydrogens is 128 g/mol. The molecule has 0 bridgehead atoms. The van der Waals surface area contributed by atoms with Crippen molar-refractivity contribution in [1.82, 2.24) is 0 Å². The SMILES string of the molecule is C[C@@H]1CC(=O)CC[C@H]1C=O. The third-order valence-corrected chi connectivity index (χ3v) is 2.21. The molecule has 0 saturated heterocycles. The summed E-state index contributed by atoms with van der Waals surface area (Å²) >= 11 is 0. The highest BCUT2D eigenvalue weighted by molar-refractivity contribution is 5.80. The van der Waals surface area contributed by atoms with E-state index in [0.29, 0.717) is 18.6 Å². The molecule has 10 heavy (non-hydrogen) atoms. The first kappa shape index (κ1) is 7.45. The Kier molecular flexibility index (Phi) is 2.20. The summed E-state index contributed by atoms with van der Waals surface area (Å²) in [5.74, 6) is 0.724. The molecule has 1 aliphatic rings. The topological polar surface area (TPSA) is 34.1 Å². The second kappa shape index (κ2) is 2.95. The van der Waals surface area contributed by atoms with Crippen LogP contribution in [0, 0.1) is 11.8 Å². The Morgan fingerprint density at radius 3 is 2.80 bits per heavy atom. The summed E-state index contributed by atoms with van der Waals surface area (Å²) in [5.41, 5.74) is 0. The molecule has 0 unspecified atom stereocenters. The highest BCUT2D eigenvalue weighted by atomic mass is 16.1. The standard InChI is InChI=1S/C8H12O2/c1-6-4-8(10)3-2-7(6)5-9/h5-7H,2-4H2,1H3/t6-,7+/m1/s1. The van der Waals surface area contributed by atoms with E-state index < -0.39 is 0 Å². The Balaban J connectivity index is 2.50. The molecule has 2 atom stereocenters. The second-order valence-corrected chi connectivity index (χ2v) is 3.06. The summed E-state index contributed by atoms with van der Waals surface area (Å²) in [5, 5.41) is 0. The first-order valence-electron chi connectivity index (χ1n) is 3.71. The summed E-state index contributed by atoms with van der Waals surface area (Å²) < 4.78 is 0. The molecule has 0 radical (unpaired) electrons. The number of carbonyl (C=O) groups excluding carboxylic acids is 2. The molecule has 1 rings (SSSR count). The smallest absolute Gasteiger partial charge is 0.133 e. The van der Waals surface area contributed by atoms with Crippen molar-refractivity contribution in [2.24, 2.45) is 11.8 Å². The highest BCUT2D eigenvalue weighted by Crippen LogP contribution is 2.25. The van der Waals surface area contributed by atoms with Crippen molar-refractivity contribution >= 4 is 12.1 Å². The van der Waals surface area contributed by atoms with E-state index in [1.54, 1.807) is 0 Å². The lowest BCUT2D eigenvalue weighted by molar-refractivity contribution is -0.124. The fraction of sp³-hybridized carbons (Fsp3) is 0.750. The average Bonchev–Trinajstić information content (AvgIpc) is 1.88. The number of aldehydes is 1. The van der Waals surface area contributed by atoms with Crippen LogP contribution in [0.1, 0.15) is 26.2 Å². The van der Waals surface area contributed by atoms with Crippen molar-refractivity contribution in [3.05, 3.63) is 0 Å². The van der Waals surface area contributed by atoms with Crippen LogP contribution in [0.2, 0.25) is 0 Å². The largest absolute Gasteiger partial charge is 0.303 e. The zero-order valence-corrected chi connectivity index (χ0v) is 6.17. The van der Waals surface area contributed by atoms with E-state index >= 15 is 0 Å². The summed E-state index contributed by atoms with van der Waals surface area (Å²) in [7, 11) is 0. The molecular formula is C8H12O2. The van der Waals surface area contributed by atoms with Gasteiger partial charge in [-0.2, -0.15) is 0 Å². The van der Waals surface area contributed by atoms with Crippen molar-refractivity contribution in [2.75, 3.05) is 0 Å². The molecule has 1 saturated carbocycles. The zero-order valence-electron chi connectivity index (χ0n) is 6.17. The molecule has 1 fully saturated rings. The van der Waals surface area contributed by atoms with Crippen LogP contribution >= 0.6 is 0 Å². The van der Waals surface area contributed by atoms with Gasteiger partial charge in [0.25, 0.3) is 0 Å². The summed E-state index contributed by atoms with van der Waals surface area (Å²) in [4.78, 5) is 21.2. The van der Waals surface area contributed by atoms with Crippen molar-refractivity contribution in [2.45, 2.75) is 26.2 Å².